The summed E-state index contributed by atoms with van der Waals surface area (Å²) in [5.74, 6) is -0.646. The molecule has 1 amide bonds. The van der Waals surface area contributed by atoms with Crippen LogP contribution in [0.3, 0.4) is 0 Å². The molecule has 1 N–H and O–H groups in total. The van der Waals surface area contributed by atoms with Crippen LogP contribution in [0.5, 0.6) is 0 Å². The maximum atomic E-state index is 12.3. The van der Waals surface area contributed by atoms with E-state index < -0.39 is 25.2 Å². The average Bonchev–Trinajstić information content (AvgIpc) is 2.28. The molecule has 0 aliphatic carbocycles. The highest BCUT2D eigenvalue weighted by Crippen LogP contribution is 2.17. The predicted octanol–water partition coefficient (Wildman–Crippen LogP) is 1.61. The Labute approximate surface area is 103 Å². The molecule has 0 saturated carbocycles. The van der Waals surface area contributed by atoms with Gasteiger partial charge in [0, 0.05) is 6.54 Å². The molecule has 0 aromatic heterocycles. The van der Waals surface area contributed by atoms with E-state index in [1.165, 1.54) is 0 Å². The zero-order chi connectivity index (χ0) is 13.6. The van der Waals surface area contributed by atoms with Crippen LogP contribution < -0.4 is 0 Å². The maximum Gasteiger partial charge on any atom is 0.406 e. The van der Waals surface area contributed by atoms with Gasteiger partial charge in [0.15, 0.2) is 0 Å². The van der Waals surface area contributed by atoms with Crippen LogP contribution in [0.4, 0.5) is 13.2 Å². The topological polar surface area (TPSA) is 40.5 Å². The molecule has 0 unspecified atom stereocenters. The molecular weight excluding hydrogens is 247 g/mol. The Balaban J connectivity index is 2.65. The Morgan fingerprint density at radius 2 is 1.83 bits per heavy atom. The maximum absolute atomic E-state index is 12.3. The molecule has 0 aliphatic heterocycles. The van der Waals surface area contributed by atoms with Crippen LogP contribution in [-0.4, -0.2) is 41.8 Å². The molecule has 0 radical (unpaired) electrons. The second kappa shape index (κ2) is 6.39. The predicted molar refractivity (Wildman–Crippen MR) is 59.9 cm³/mol. The molecule has 1 aromatic rings. The van der Waals surface area contributed by atoms with Gasteiger partial charge in [0.25, 0.3) is 0 Å². The van der Waals surface area contributed by atoms with E-state index >= 15 is 0 Å². The van der Waals surface area contributed by atoms with Gasteiger partial charge >= 0.3 is 6.18 Å². The van der Waals surface area contributed by atoms with Crippen molar-refractivity contribution in [2.24, 2.45) is 0 Å². The number of aliphatic hydroxyl groups is 1. The Kier molecular flexibility index (Phi) is 5.15. The first-order valence-electron chi connectivity index (χ1n) is 5.41. The molecule has 100 valence electrons. The monoisotopic (exact) mass is 261 g/mol. The van der Waals surface area contributed by atoms with E-state index in [0.717, 1.165) is 0 Å². The van der Waals surface area contributed by atoms with Gasteiger partial charge in [0.05, 0.1) is 13.0 Å². The molecule has 1 rings (SSSR count). The molecule has 6 heteroatoms. The number of amides is 1. The lowest BCUT2D eigenvalue weighted by Gasteiger charge is -2.23. The highest BCUT2D eigenvalue weighted by molar-refractivity contribution is 5.78. The third-order valence-corrected chi connectivity index (χ3v) is 2.29. The van der Waals surface area contributed by atoms with E-state index in [4.69, 9.17) is 5.11 Å². The third kappa shape index (κ3) is 5.18. The number of rotatable bonds is 5. The SMILES string of the molecule is O=C(Cc1ccccc1)N(CCO)CC(F)(F)F. The Bertz CT molecular complexity index is 379. The number of nitrogens with zero attached hydrogens (tertiary/aromatic N) is 1. The van der Waals surface area contributed by atoms with E-state index in [2.05, 4.69) is 0 Å². The summed E-state index contributed by atoms with van der Waals surface area (Å²) in [4.78, 5) is 12.3. The van der Waals surface area contributed by atoms with Gasteiger partial charge in [-0.05, 0) is 5.56 Å². The zero-order valence-corrected chi connectivity index (χ0v) is 9.65. The summed E-state index contributed by atoms with van der Waals surface area (Å²) < 4.78 is 36.8. The quantitative estimate of drug-likeness (QED) is 0.874. The first-order valence-corrected chi connectivity index (χ1v) is 5.41. The van der Waals surface area contributed by atoms with Crippen LogP contribution in [0, 0.1) is 0 Å². The molecule has 0 saturated heterocycles. The molecule has 3 nitrogen and oxygen atoms in total. The average molecular weight is 261 g/mol. The fourth-order valence-corrected chi connectivity index (χ4v) is 1.51. The van der Waals surface area contributed by atoms with Crippen molar-refractivity contribution in [2.75, 3.05) is 19.7 Å². The Hall–Kier alpha value is -1.56. The van der Waals surface area contributed by atoms with Gasteiger partial charge in [0.1, 0.15) is 6.54 Å². The van der Waals surface area contributed by atoms with E-state index in [1.807, 2.05) is 0 Å². The smallest absolute Gasteiger partial charge is 0.395 e. The summed E-state index contributed by atoms with van der Waals surface area (Å²) in [7, 11) is 0. The minimum atomic E-state index is -4.46. The first-order chi connectivity index (χ1) is 8.42. The lowest BCUT2D eigenvalue weighted by Crippen LogP contribution is -2.41. The summed E-state index contributed by atoms with van der Waals surface area (Å²) in [6.45, 7) is -2.14. The van der Waals surface area contributed by atoms with Crippen molar-refractivity contribution in [2.45, 2.75) is 12.6 Å². The summed E-state index contributed by atoms with van der Waals surface area (Å²) >= 11 is 0. The molecule has 1 aromatic carbocycles. The van der Waals surface area contributed by atoms with E-state index in [-0.39, 0.29) is 13.0 Å². The number of carbonyl (C=O) groups is 1. The van der Waals surface area contributed by atoms with Crippen molar-refractivity contribution in [3.8, 4) is 0 Å². The second-order valence-electron chi connectivity index (χ2n) is 3.82. The number of carbonyl (C=O) groups excluding carboxylic acids is 1. The summed E-state index contributed by atoms with van der Waals surface area (Å²) in [6.07, 6.45) is -4.56. The van der Waals surface area contributed by atoms with Crippen LogP contribution >= 0.6 is 0 Å². The molecule has 18 heavy (non-hydrogen) atoms. The Morgan fingerprint density at radius 3 is 2.33 bits per heavy atom. The van der Waals surface area contributed by atoms with Crippen molar-refractivity contribution >= 4 is 5.91 Å². The number of aliphatic hydroxyl groups excluding tert-OH is 1. The third-order valence-electron chi connectivity index (χ3n) is 2.29. The van der Waals surface area contributed by atoms with Crippen LogP contribution in [0.1, 0.15) is 5.56 Å². The standard InChI is InChI=1S/C12H14F3NO2/c13-12(14,15)9-16(6-7-17)11(18)8-10-4-2-1-3-5-10/h1-5,17H,6-9H2. The van der Waals surface area contributed by atoms with Crippen LogP contribution in [0.25, 0.3) is 0 Å². The minimum absolute atomic E-state index is 0.100. The highest BCUT2D eigenvalue weighted by atomic mass is 19.4. The van der Waals surface area contributed by atoms with Gasteiger partial charge < -0.3 is 10.0 Å². The van der Waals surface area contributed by atoms with Crippen LogP contribution in [0.2, 0.25) is 0 Å². The number of alkyl halides is 3. The number of halogens is 3. The zero-order valence-electron chi connectivity index (χ0n) is 9.65. The fraction of sp³-hybridized carbons (Fsp3) is 0.417. The van der Waals surface area contributed by atoms with Gasteiger partial charge in [-0.25, -0.2) is 0 Å². The van der Waals surface area contributed by atoms with Gasteiger partial charge in [-0.3, -0.25) is 4.79 Å². The van der Waals surface area contributed by atoms with Crippen LogP contribution in [0.15, 0.2) is 30.3 Å². The molecule has 0 atom stereocenters. The number of hydrogen-bond acceptors (Lipinski definition) is 2. The van der Waals surface area contributed by atoms with E-state index in [9.17, 15) is 18.0 Å². The van der Waals surface area contributed by atoms with Gasteiger partial charge in [-0.1, -0.05) is 30.3 Å². The summed E-state index contributed by atoms with van der Waals surface area (Å²) in [5, 5.41) is 8.69. The molecule has 0 spiro atoms. The molecule has 0 aliphatic rings. The van der Waals surface area contributed by atoms with Gasteiger partial charge in [-0.2, -0.15) is 13.2 Å². The van der Waals surface area contributed by atoms with Gasteiger partial charge in [0.2, 0.25) is 5.91 Å². The molecule has 0 fully saturated rings. The normalized spacial score (nSPS) is 11.3. The Morgan fingerprint density at radius 1 is 1.22 bits per heavy atom. The van der Waals surface area contributed by atoms with Gasteiger partial charge in [-0.15, -0.1) is 0 Å². The van der Waals surface area contributed by atoms with E-state index in [1.54, 1.807) is 30.3 Å². The number of hydrogen-bond donors (Lipinski definition) is 1. The molecular formula is C12H14F3NO2. The largest absolute Gasteiger partial charge is 0.406 e. The highest BCUT2D eigenvalue weighted by Gasteiger charge is 2.32. The lowest BCUT2D eigenvalue weighted by atomic mass is 10.1. The number of benzene rings is 1. The summed E-state index contributed by atoms with van der Waals surface area (Å²) in [5.41, 5.74) is 0.646. The van der Waals surface area contributed by atoms with Crippen molar-refractivity contribution in [1.82, 2.24) is 4.90 Å². The second-order valence-corrected chi connectivity index (χ2v) is 3.82. The van der Waals surface area contributed by atoms with Crippen molar-refractivity contribution in [1.29, 1.82) is 0 Å². The first kappa shape index (κ1) is 14.5. The minimum Gasteiger partial charge on any atom is -0.395 e. The van der Waals surface area contributed by atoms with Crippen LogP contribution in [-0.2, 0) is 11.2 Å². The summed E-state index contributed by atoms with van der Waals surface area (Å²) in [6, 6.07) is 8.52. The fourth-order valence-electron chi connectivity index (χ4n) is 1.51. The van der Waals surface area contributed by atoms with Crippen molar-refractivity contribution in [3.05, 3.63) is 35.9 Å². The van der Waals surface area contributed by atoms with Crippen molar-refractivity contribution < 1.29 is 23.1 Å². The molecule has 0 bridgehead atoms. The molecule has 0 heterocycles. The lowest BCUT2D eigenvalue weighted by molar-refractivity contribution is -0.161. The van der Waals surface area contributed by atoms with Crippen molar-refractivity contribution in [3.63, 3.8) is 0 Å². The van der Waals surface area contributed by atoms with E-state index in [0.29, 0.717) is 10.5 Å².